The van der Waals surface area contributed by atoms with E-state index in [0.29, 0.717) is 6.61 Å². The molecule has 72 valence electrons. The van der Waals surface area contributed by atoms with Crippen molar-refractivity contribution in [2.75, 3.05) is 26.8 Å². The fraction of sp³-hybridized carbons (Fsp3) is 1.00. The molecule has 1 aliphatic rings. The minimum Gasteiger partial charge on any atom is -0.373 e. The number of nitrogens with two attached hydrogens (primary N) is 1. The van der Waals surface area contributed by atoms with Crippen molar-refractivity contribution >= 4 is 0 Å². The van der Waals surface area contributed by atoms with Gasteiger partial charge in [0, 0.05) is 26.7 Å². The van der Waals surface area contributed by atoms with Crippen molar-refractivity contribution in [3.63, 3.8) is 0 Å². The third-order valence-corrected chi connectivity index (χ3v) is 2.32. The second kappa shape index (κ2) is 4.18. The summed E-state index contributed by atoms with van der Waals surface area (Å²) in [4.78, 5) is 0. The molecule has 1 rings (SSSR count). The largest absolute Gasteiger partial charge is 0.373 e. The Bertz CT molecular complexity index is 141. The summed E-state index contributed by atoms with van der Waals surface area (Å²) in [5.41, 5.74) is 5.41. The summed E-state index contributed by atoms with van der Waals surface area (Å²) < 4.78 is 10.7. The van der Waals surface area contributed by atoms with Crippen LogP contribution in [0.25, 0.3) is 0 Å². The zero-order valence-electron chi connectivity index (χ0n) is 7.80. The van der Waals surface area contributed by atoms with Gasteiger partial charge in [-0.05, 0) is 13.5 Å². The molecule has 4 heteroatoms. The summed E-state index contributed by atoms with van der Waals surface area (Å²) >= 11 is 0. The van der Waals surface area contributed by atoms with Crippen LogP contribution in [0.3, 0.4) is 0 Å². The highest BCUT2D eigenvalue weighted by Gasteiger charge is 2.37. The van der Waals surface area contributed by atoms with Gasteiger partial charge in [-0.1, -0.05) is 0 Å². The molecule has 4 nitrogen and oxygen atoms in total. The molecule has 0 aromatic carbocycles. The van der Waals surface area contributed by atoms with Crippen molar-refractivity contribution in [2.24, 2.45) is 5.73 Å². The van der Waals surface area contributed by atoms with Gasteiger partial charge in [0.25, 0.3) is 0 Å². The first kappa shape index (κ1) is 9.92. The summed E-state index contributed by atoms with van der Waals surface area (Å²) in [6.45, 7) is 4.31. The molecule has 0 spiro atoms. The molecule has 3 N–H and O–H groups in total. The maximum Gasteiger partial charge on any atom is 0.145 e. The van der Waals surface area contributed by atoms with E-state index in [1.54, 1.807) is 7.11 Å². The van der Waals surface area contributed by atoms with Crippen molar-refractivity contribution in [1.82, 2.24) is 5.32 Å². The summed E-state index contributed by atoms with van der Waals surface area (Å²) in [6.07, 6.45) is 0.773. The Morgan fingerprint density at radius 1 is 1.67 bits per heavy atom. The smallest absolute Gasteiger partial charge is 0.145 e. The van der Waals surface area contributed by atoms with Gasteiger partial charge in [0.2, 0.25) is 0 Å². The molecular weight excluding hydrogens is 156 g/mol. The van der Waals surface area contributed by atoms with Crippen molar-refractivity contribution in [3.05, 3.63) is 0 Å². The molecule has 0 aromatic rings. The lowest BCUT2D eigenvalue weighted by Crippen LogP contribution is -2.61. The molecule has 0 radical (unpaired) electrons. The molecule has 2 atom stereocenters. The lowest BCUT2D eigenvalue weighted by molar-refractivity contribution is -0.137. The Morgan fingerprint density at radius 2 is 2.42 bits per heavy atom. The van der Waals surface area contributed by atoms with E-state index in [9.17, 15) is 0 Å². The van der Waals surface area contributed by atoms with Crippen LogP contribution in [0.4, 0.5) is 0 Å². The van der Waals surface area contributed by atoms with Crippen molar-refractivity contribution in [3.8, 4) is 0 Å². The monoisotopic (exact) mass is 174 g/mol. The first-order valence-electron chi connectivity index (χ1n) is 4.39. The maximum atomic E-state index is 6.00. The van der Waals surface area contributed by atoms with Crippen molar-refractivity contribution < 1.29 is 9.47 Å². The normalized spacial score (nSPS) is 36.8. The van der Waals surface area contributed by atoms with Gasteiger partial charge in [-0.25, -0.2) is 0 Å². The van der Waals surface area contributed by atoms with E-state index in [4.69, 9.17) is 15.2 Å². The molecular formula is C8H18N2O2. The summed E-state index contributed by atoms with van der Waals surface area (Å²) in [7, 11) is 1.64. The average molecular weight is 174 g/mol. The van der Waals surface area contributed by atoms with E-state index in [1.807, 2.05) is 6.92 Å². The predicted octanol–water partition coefficient (Wildman–Crippen LogP) is -0.314. The number of nitrogens with one attached hydrogen (secondary N) is 1. The van der Waals surface area contributed by atoms with E-state index in [1.165, 1.54) is 0 Å². The van der Waals surface area contributed by atoms with E-state index < -0.39 is 5.72 Å². The fourth-order valence-corrected chi connectivity index (χ4v) is 1.49. The highest BCUT2D eigenvalue weighted by molar-refractivity contribution is 4.89. The Hall–Kier alpha value is -0.160. The third-order valence-electron chi connectivity index (χ3n) is 2.32. The molecule has 1 aliphatic heterocycles. The average Bonchev–Trinajstić information content (AvgIpc) is 2.10. The highest BCUT2D eigenvalue weighted by atomic mass is 16.6. The number of rotatable bonds is 3. The van der Waals surface area contributed by atoms with Crippen LogP contribution in [0.15, 0.2) is 0 Å². The van der Waals surface area contributed by atoms with E-state index in [2.05, 4.69) is 5.32 Å². The molecule has 2 unspecified atom stereocenters. The predicted molar refractivity (Wildman–Crippen MR) is 46.8 cm³/mol. The summed E-state index contributed by atoms with van der Waals surface area (Å²) in [5, 5.41) is 3.22. The lowest BCUT2D eigenvalue weighted by atomic mass is 9.99. The van der Waals surface area contributed by atoms with Gasteiger partial charge < -0.3 is 20.5 Å². The number of methoxy groups -OCH3 is 1. The van der Waals surface area contributed by atoms with Crippen LogP contribution in [0.1, 0.15) is 13.3 Å². The fourth-order valence-electron chi connectivity index (χ4n) is 1.49. The van der Waals surface area contributed by atoms with Gasteiger partial charge in [-0.3, -0.25) is 0 Å². The number of ether oxygens (including phenoxy) is 2. The van der Waals surface area contributed by atoms with Gasteiger partial charge in [-0.2, -0.15) is 0 Å². The van der Waals surface area contributed by atoms with Crippen LogP contribution in [-0.4, -0.2) is 38.6 Å². The second-order valence-corrected chi connectivity index (χ2v) is 3.06. The summed E-state index contributed by atoms with van der Waals surface area (Å²) in [6, 6.07) is 0. The van der Waals surface area contributed by atoms with Crippen molar-refractivity contribution in [1.29, 1.82) is 0 Å². The molecule has 12 heavy (non-hydrogen) atoms. The van der Waals surface area contributed by atoms with Gasteiger partial charge >= 0.3 is 0 Å². The first-order valence-corrected chi connectivity index (χ1v) is 4.39. The van der Waals surface area contributed by atoms with Gasteiger partial charge in [0.15, 0.2) is 0 Å². The number of hydrogen-bond donors (Lipinski definition) is 2. The molecule has 0 aliphatic carbocycles. The Morgan fingerprint density at radius 3 is 3.00 bits per heavy atom. The van der Waals surface area contributed by atoms with Crippen LogP contribution in [-0.2, 0) is 9.47 Å². The second-order valence-electron chi connectivity index (χ2n) is 3.06. The quantitative estimate of drug-likeness (QED) is 0.576. The number of piperidine rings is 1. The minimum atomic E-state index is -0.596. The van der Waals surface area contributed by atoms with Crippen LogP contribution < -0.4 is 11.1 Å². The molecule has 1 heterocycles. The lowest BCUT2D eigenvalue weighted by Gasteiger charge is -2.39. The summed E-state index contributed by atoms with van der Waals surface area (Å²) in [5.74, 6) is 0. The molecule has 0 saturated carbocycles. The van der Waals surface area contributed by atoms with E-state index in [-0.39, 0.29) is 6.10 Å². The maximum absolute atomic E-state index is 6.00. The Balaban J connectivity index is 2.53. The van der Waals surface area contributed by atoms with E-state index >= 15 is 0 Å². The molecule has 0 aromatic heterocycles. The standard InChI is InChI=1S/C8H18N2O2/c1-3-12-7-6-10-5-4-8(7,9)11-2/h7,10H,3-6,9H2,1-2H3. The van der Waals surface area contributed by atoms with Crippen LogP contribution in [0.5, 0.6) is 0 Å². The zero-order valence-corrected chi connectivity index (χ0v) is 7.80. The topological polar surface area (TPSA) is 56.5 Å². The molecule has 1 saturated heterocycles. The van der Waals surface area contributed by atoms with Gasteiger partial charge in [0.1, 0.15) is 11.8 Å². The Labute approximate surface area is 73.4 Å². The minimum absolute atomic E-state index is 0.0266. The number of hydrogen-bond acceptors (Lipinski definition) is 4. The van der Waals surface area contributed by atoms with E-state index in [0.717, 1.165) is 19.5 Å². The Kier molecular flexibility index (Phi) is 3.46. The van der Waals surface area contributed by atoms with Gasteiger partial charge in [-0.15, -0.1) is 0 Å². The molecule has 0 amide bonds. The first-order chi connectivity index (χ1) is 5.73. The van der Waals surface area contributed by atoms with Gasteiger partial charge in [0.05, 0.1) is 0 Å². The van der Waals surface area contributed by atoms with Crippen LogP contribution in [0, 0.1) is 0 Å². The SMILES string of the molecule is CCOC1CNCCC1(N)OC. The third kappa shape index (κ3) is 1.95. The van der Waals surface area contributed by atoms with Crippen LogP contribution in [0.2, 0.25) is 0 Å². The molecule has 1 fully saturated rings. The van der Waals surface area contributed by atoms with Crippen LogP contribution >= 0.6 is 0 Å². The van der Waals surface area contributed by atoms with Crippen molar-refractivity contribution in [2.45, 2.75) is 25.2 Å². The molecule has 0 bridgehead atoms. The zero-order chi connectivity index (χ0) is 9.03. The highest BCUT2D eigenvalue weighted by Crippen LogP contribution is 2.18.